The van der Waals surface area contributed by atoms with Crippen LogP contribution < -0.4 is 10.2 Å². The highest BCUT2D eigenvalue weighted by Crippen LogP contribution is 2.19. The van der Waals surface area contributed by atoms with E-state index in [9.17, 15) is 4.79 Å². The highest BCUT2D eigenvalue weighted by atomic mass is 35.5. The smallest absolute Gasteiger partial charge is 0.271 e. The average molecular weight is 399 g/mol. The molecule has 0 radical (unpaired) electrons. The van der Waals surface area contributed by atoms with Crippen LogP contribution in [0.2, 0.25) is 10.0 Å². The van der Waals surface area contributed by atoms with Crippen LogP contribution in [0.3, 0.4) is 0 Å². The lowest BCUT2D eigenvalue weighted by molar-refractivity contribution is 0.0955. The largest absolute Gasteiger partial charge is 0.489 e. The van der Waals surface area contributed by atoms with Crippen LogP contribution in [-0.2, 0) is 6.61 Å². The molecule has 0 spiro atoms. The molecule has 0 atom stereocenters. The van der Waals surface area contributed by atoms with Crippen LogP contribution in [0.5, 0.6) is 5.75 Å². The van der Waals surface area contributed by atoms with Crippen molar-refractivity contribution >= 4 is 35.3 Å². The molecule has 4 nitrogen and oxygen atoms in total. The Morgan fingerprint density at radius 1 is 1.00 bits per heavy atom. The van der Waals surface area contributed by atoms with Crippen molar-refractivity contribution in [3.63, 3.8) is 0 Å². The molecule has 3 aromatic carbocycles. The molecule has 0 heterocycles. The van der Waals surface area contributed by atoms with Crippen LogP contribution in [-0.4, -0.2) is 12.1 Å². The van der Waals surface area contributed by atoms with Gasteiger partial charge in [-0.25, -0.2) is 5.43 Å². The average Bonchev–Trinajstić information content (AvgIpc) is 2.69. The predicted octanol–water partition coefficient (Wildman–Crippen LogP) is 5.34. The van der Waals surface area contributed by atoms with Gasteiger partial charge in [0.25, 0.3) is 5.91 Å². The molecule has 0 unspecified atom stereocenters. The van der Waals surface area contributed by atoms with Crippen molar-refractivity contribution in [1.82, 2.24) is 5.43 Å². The Kier molecular flexibility index (Phi) is 6.47. The second-order valence-corrected chi connectivity index (χ2v) is 6.51. The summed E-state index contributed by atoms with van der Waals surface area (Å²) in [4.78, 5) is 12.1. The number of nitrogens with one attached hydrogen (secondary N) is 1. The monoisotopic (exact) mass is 398 g/mol. The lowest BCUT2D eigenvalue weighted by Gasteiger charge is -2.07. The van der Waals surface area contributed by atoms with Crippen molar-refractivity contribution in [2.75, 3.05) is 0 Å². The fraction of sp³-hybridized carbons (Fsp3) is 0.0476. The van der Waals surface area contributed by atoms with E-state index in [1.165, 1.54) is 6.21 Å². The summed E-state index contributed by atoms with van der Waals surface area (Å²) in [7, 11) is 0. The van der Waals surface area contributed by atoms with E-state index in [4.69, 9.17) is 27.9 Å². The summed E-state index contributed by atoms with van der Waals surface area (Å²) >= 11 is 11.9. The number of nitrogens with zero attached hydrogens (tertiary/aromatic N) is 1. The molecule has 1 amide bonds. The number of carbonyl (C=O) groups is 1. The first-order valence-corrected chi connectivity index (χ1v) is 8.92. The maximum atomic E-state index is 12.1. The molecular weight excluding hydrogens is 383 g/mol. The van der Waals surface area contributed by atoms with Crippen molar-refractivity contribution in [2.24, 2.45) is 5.10 Å². The van der Waals surface area contributed by atoms with E-state index in [1.54, 1.807) is 42.5 Å². The molecule has 0 saturated heterocycles. The molecular formula is C21H16Cl2N2O2. The maximum absolute atomic E-state index is 12.1. The lowest BCUT2D eigenvalue weighted by atomic mass is 10.2. The third-order valence-corrected chi connectivity index (χ3v) is 4.26. The molecule has 3 aromatic rings. The third kappa shape index (κ3) is 5.58. The molecule has 27 heavy (non-hydrogen) atoms. The van der Waals surface area contributed by atoms with Gasteiger partial charge in [0, 0.05) is 16.1 Å². The zero-order valence-corrected chi connectivity index (χ0v) is 15.7. The third-order valence-electron chi connectivity index (χ3n) is 3.70. The number of hydrogen-bond donors (Lipinski definition) is 1. The quantitative estimate of drug-likeness (QED) is 0.450. The van der Waals surface area contributed by atoms with Gasteiger partial charge in [-0.15, -0.1) is 0 Å². The van der Waals surface area contributed by atoms with E-state index >= 15 is 0 Å². The molecule has 1 N–H and O–H groups in total. The second kappa shape index (κ2) is 9.21. The Morgan fingerprint density at radius 2 is 1.74 bits per heavy atom. The van der Waals surface area contributed by atoms with E-state index < -0.39 is 0 Å². The minimum Gasteiger partial charge on any atom is -0.489 e. The predicted molar refractivity (Wildman–Crippen MR) is 109 cm³/mol. The standard InChI is InChI=1S/C21H16Cl2N2O2/c22-18-9-6-17(20(23)12-18)13-24-25-21(26)16-7-10-19(11-8-16)27-14-15-4-2-1-3-5-15/h1-13H,14H2,(H,25,26)/b24-13+. The summed E-state index contributed by atoms with van der Waals surface area (Å²) in [5, 5.41) is 4.92. The Hall–Kier alpha value is -2.82. The van der Waals surface area contributed by atoms with E-state index in [0.29, 0.717) is 33.5 Å². The second-order valence-electron chi connectivity index (χ2n) is 5.66. The Balaban J connectivity index is 1.54. The number of hydrazone groups is 1. The van der Waals surface area contributed by atoms with Crippen molar-refractivity contribution < 1.29 is 9.53 Å². The molecule has 0 fully saturated rings. The van der Waals surface area contributed by atoms with Gasteiger partial charge in [0.05, 0.1) is 11.2 Å². The molecule has 0 bridgehead atoms. The van der Waals surface area contributed by atoms with Gasteiger partial charge >= 0.3 is 0 Å². The molecule has 0 aliphatic carbocycles. The zero-order chi connectivity index (χ0) is 19.1. The summed E-state index contributed by atoms with van der Waals surface area (Å²) in [6.45, 7) is 0.471. The summed E-state index contributed by atoms with van der Waals surface area (Å²) in [6.07, 6.45) is 1.47. The summed E-state index contributed by atoms with van der Waals surface area (Å²) in [5.41, 5.74) is 4.67. The van der Waals surface area contributed by atoms with Gasteiger partial charge in [-0.05, 0) is 42.0 Å². The Bertz CT molecular complexity index is 942. The highest BCUT2D eigenvalue weighted by Gasteiger charge is 2.05. The van der Waals surface area contributed by atoms with Crippen LogP contribution in [0.4, 0.5) is 0 Å². The van der Waals surface area contributed by atoms with Gasteiger partial charge in [-0.2, -0.15) is 5.10 Å². The van der Waals surface area contributed by atoms with E-state index in [0.717, 1.165) is 5.56 Å². The van der Waals surface area contributed by atoms with Crippen molar-refractivity contribution in [2.45, 2.75) is 6.61 Å². The van der Waals surface area contributed by atoms with E-state index in [-0.39, 0.29) is 5.91 Å². The van der Waals surface area contributed by atoms with Gasteiger partial charge in [-0.3, -0.25) is 4.79 Å². The molecule has 0 saturated carbocycles. The SMILES string of the molecule is O=C(N/N=C/c1ccc(Cl)cc1Cl)c1ccc(OCc2ccccc2)cc1. The number of hydrogen-bond acceptors (Lipinski definition) is 3. The topological polar surface area (TPSA) is 50.7 Å². The van der Waals surface area contributed by atoms with Gasteiger partial charge in [0.1, 0.15) is 12.4 Å². The first-order valence-electron chi connectivity index (χ1n) is 8.17. The number of carbonyl (C=O) groups excluding carboxylic acids is 1. The summed E-state index contributed by atoms with van der Waals surface area (Å²) < 4.78 is 5.70. The van der Waals surface area contributed by atoms with Crippen molar-refractivity contribution in [3.8, 4) is 5.75 Å². The van der Waals surface area contributed by atoms with E-state index in [2.05, 4.69) is 10.5 Å². The Morgan fingerprint density at radius 3 is 2.44 bits per heavy atom. The van der Waals surface area contributed by atoms with Crippen LogP contribution in [0, 0.1) is 0 Å². The minimum absolute atomic E-state index is 0.328. The van der Waals surface area contributed by atoms with Crippen LogP contribution >= 0.6 is 23.2 Å². The molecule has 0 aromatic heterocycles. The number of amides is 1. The number of halogens is 2. The van der Waals surface area contributed by atoms with Crippen LogP contribution in [0.15, 0.2) is 77.9 Å². The summed E-state index contributed by atoms with van der Waals surface area (Å²) in [6, 6.07) is 21.8. The van der Waals surface area contributed by atoms with E-state index in [1.807, 2.05) is 30.3 Å². The van der Waals surface area contributed by atoms with Crippen molar-refractivity contribution in [3.05, 3.63) is 99.5 Å². The fourth-order valence-electron chi connectivity index (χ4n) is 2.27. The zero-order valence-electron chi connectivity index (χ0n) is 14.2. The van der Waals surface area contributed by atoms with Gasteiger partial charge < -0.3 is 4.74 Å². The molecule has 3 rings (SSSR count). The fourth-order valence-corrected chi connectivity index (χ4v) is 2.73. The van der Waals surface area contributed by atoms with Gasteiger partial charge in [-0.1, -0.05) is 59.6 Å². The van der Waals surface area contributed by atoms with Crippen molar-refractivity contribution in [1.29, 1.82) is 0 Å². The van der Waals surface area contributed by atoms with Crippen LogP contribution in [0.25, 0.3) is 0 Å². The first kappa shape index (κ1) is 19.0. The lowest BCUT2D eigenvalue weighted by Crippen LogP contribution is -2.17. The number of benzene rings is 3. The molecule has 0 aliphatic heterocycles. The van der Waals surface area contributed by atoms with Crippen LogP contribution in [0.1, 0.15) is 21.5 Å². The first-order chi connectivity index (χ1) is 13.1. The van der Waals surface area contributed by atoms with Gasteiger partial charge in [0.2, 0.25) is 0 Å². The molecule has 6 heteroatoms. The maximum Gasteiger partial charge on any atom is 0.271 e. The van der Waals surface area contributed by atoms with Gasteiger partial charge in [0.15, 0.2) is 0 Å². The highest BCUT2D eigenvalue weighted by molar-refractivity contribution is 6.36. The Labute approximate surface area is 167 Å². The summed E-state index contributed by atoms with van der Waals surface area (Å²) in [5.74, 6) is 0.359. The number of rotatable bonds is 6. The number of ether oxygens (including phenoxy) is 1. The molecule has 136 valence electrons. The molecule has 0 aliphatic rings. The minimum atomic E-state index is -0.328. The normalized spacial score (nSPS) is 10.7.